The zero-order valence-corrected chi connectivity index (χ0v) is 11.1. The van der Waals surface area contributed by atoms with Gasteiger partial charge in [0.05, 0.1) is 16.8 Å². The molecule has 1 aromatic rings. The summed E-state index contributed by atoms with van der Waals surface area (Å²) in [7, 11) is 0. The summed E-state index contributed by atoms with van der Waals surface area (Å²) in [6.07, 6.45) is 1.31. The molecule has 0 aromatic heterocycles. The van der Waals surface area contributed by atoms with Crippen molar-refractivity contribution >= 4 is 23.0 Å². The van der Waals surface area contributed by atoms with E-state index in [4.69, 9.17) is 22.1 Å². The van der Waals surface area contributed by atoms with Crippen LogP contribution < -0.4 is 10.6 Å². The Morgan fingerprint density at radius 3 is 3.00 bits per heavy atom. The van der Waals surface area contributed by atoms with Crippen LogP contribution in [0, 0.1) is 6.92 Å². The SMILES string of the molecule is Cc1cc(N)c(Cl)cc1N1CCCOC(C)C1. The second-order valence-corrected chi connectivity index (χ2v) is 5.05. The van der Waals surface area contributed by atoms with Gasteiger partial charge in [-0.3, -0.25) is 0 Å². The van der Waals surface area contributed by atoms with Gasteiger partial charge in [0.2, 0.25) is 0 Å². The van der Waals surface area contributed by atoms with Crippen molar-refractivity contribution in [2.75, 3.05) is 30.3 Å². The van der Waals surface area contributed by atoms with E-state index in [0.29, 0.717) is 10.7 Å². The fourth-order valence-corrected chi connectivity index (χ4v) is 2.41. The van der Waals surface area contributed by atoms with E-state index in [-0.39, 0.29) is 6.10 Å². The van der Waals surface area contributed by atoms with Gasteiger partial charge in [0.25, 0.3) is 0 Å². The third kappa shape index (κ3) is 2.85. The van der Waals surface area contributed by atoms with Gasteiger partial charge in [-0.15, -0.1) is 0 Å². The summed E-state index contributed by atoms with van der Waals surface area (Å²) in [5.74, 6) is 0. The molecule has 1 atom stereocenters. The lowest BCUT2D eigenvalue weighted by molar-refractivity contribution is 0.0821. The van der Waals surface area contributed by atoms with Crippen LogP contribution in [-0.4, -0.2) is 25.8 Å². The molecule has 1 heterocycles. The van der Waals surface area contributed by atoms with E-state index in [1.807, 2.05) is 12.1 Å². The van der Waals surface area contributed by atoms with Crippen LogP contribution in [0.3, 0.4) is 0 Å². The number of halogens is 1. The van der Waals surface area contributed by atoms with Crippen molar-refractivity contribution in [3.63, 3.8) is 0 Å². The molecule has 0 saturated carbocycles. The van der Waals surface area contributed by atoms with Crippen LogP contribution >= 0.6 is 11.6 Å². The van der Waals surface area contributed by atoms with E-state index in [1.165, 1.54) is 11.3 Å². The third-order valence-electron chi connectivity index (χ3n) is 3.11. The van der Waals surface area contributed by atoms with E-state index in [2.05, 4.69) is 18.7 Å². The molecule has 2 N–H and O–H groups in total. The van der Waals surface area contributed by atoms with E-state index < -0.39 is 0 Å². The smallest absolute Gasteiger partial charge is 0.0721 e. The average Bonchev–Trinajstić information content (AvgIpc) is 2.48. The predicted octanol–water partition coefficient (Wildman–Crippen LogP) is 2.85. The molecule has 4 heteroatoms. The van der Waals surface area contributed by atoms with Crippen molar-refractivity contribution in [2.45, 2.75) is 26.4 Å². The Labute approximate surface area is 107 Å². The van der Waals surface area contributed by atoms with Crippen LogP contribution in [0.1, 0.15) is 18.9 Å². The molecule has 1 aliphatic rings. The second kappa shape index (κ2) is 5.15. The molecule has 3 nitrogen and oxygen atoms in total. The van der Waals surface area contributed by atoms with Crippen molar-refractivity contribution in [3.8, 4) is 0 Å². The molecule has 0 amide bonds. The predicted molar refractivity (Wildman–Crippen MR) is 72.8 cm³/mol. The van der Waals surface area contributed by atoms with Gasteiger partial charge < -0.3 is 15.4 Å². The summed E-state index contributed by atoms with van der Waals surface area (Å²) in [6.45, 7) is 6.91. The minimum atomic E-state index is 0.258. The van der Waals surface area contributed by atoms with E-state index in [1.54, 1.807) is 0 Å². The number of nitrogens with zero attached hydrogens (tertiary/aromatic N) is 1. The molecular weight excluding hydrogens is 236 g/mol. The quantitative estimate of drug-likeness (QED) is 0.784. The molecule has 0 bridgehead atoms. The number of hydrogen-bond donors (Lipinski definition) is 1. The van der Waals surface area contributed by atoms with Gasteiger partial charge in [0, 0.05) is 25.4 Å². The first-order valence-electron chi connectivity index (χ1n) is 6.00. The number of ether oxygens (including phenoxy) is 1. The standard InChI is InChI=1S/C13H19ClN2O/c1-9-6-12(15)11(14)7-13(9)16-4-3-5-17-10(2)8-16/h6-7,10H,3-5,8,15H2,1-2H3. The fraction of sp³-hybridized carbons (Fsp3) is 0.538. The van der Waals surface area contributed by atoms with Crippen LogP contribution in [-0.2, 0) is 4.74 Å². The molecule has 0 radical (unpaired) electrons. The highest BCUT2D eigenvalue weighted by Crippen LogP contribution is 2.30. The summed E-state index contributed by atoms with van der Waals surface area (Å²) in [4.78, 5) is 2.33. The van der Waals surface area contributed by atoms with Crippen molar-refractivity contribution in [2.24, 2.45) is 0 Å². The molecule has 1 fully saturated rings. The Morgan fingerprint density at radius 2 is 2.24 bits per heavy atom. The highest BCUT2D eigenvalue weighted by molar-refractivity contribution is 6.33. The maximum absolute atomic E-state index is 6.10. The summed E-state index contributed by atoms with van der Waals surface area (Å²) < 4.78 is 5.65. The van der Waals surface area contributed by atoms with Crippen molar-refractivity contribution < 1.29 is 4.74 Å². The Bertz CT molecular complexity index is 409. The average molecular weight is 255 g/mol. The molecule has 0 aliphatic carbocycles. The summed E-state index contributed by atoms with van der Waals surface area (Å²) in [6, 6.07) is 3.90. The highest BCUT2D eigenvalue weighted by Gasteiger charge is 2.17. The normalized spacial score (nSPS) is 21.4. The highest BCUT2D eigenvalue weighted by atomic mass is 35.5. The van der Waals surface area contributed by atoms with Crippen molar-refractivity contribution in [3.05, 3.63) is 22.7 Å². The third-order valence-corrected chi connectivity index (χ3v) is 3.44. The van der Waals surface area contributed by atoms with Gasteiger partial charge >= 0.3 is 0 Å². The monoisotopic (exact) mass is 254 g/mol. The molecule has 0 spiro atoms. The molecule has 1 aliphatic heterocycles. The Morgan fingerprint density at radius 1 is 1.47 bits per heavy atom. The van der Waals surface area contributed by atoms with E-state index >= 15 is 0 Å². The molecule has 94 valence electrons. The first-order valence-corrected chi connectivity index (χ1v) is 6.38. The largest absolute Gasteiger partial charge is 0.398 e. The first kappa shape index (κ1) is 12.5. The second-order valence-electron chi connectivity index (χ2n) is 4.64. The molecular formula is C13H19ClN2O. The van der Waals surface area contributed by atoms with Crippen LogP contribution in [0.15, 0.2) is 12.1 Å². The minimum Gasteiger partial charge on any atom is -0.398 e. The molecule has 17 heavy (non-hydrogen) atoms. The van der Waals surface area contributed by atoms with Gasteiger partial charge in [-0.05, 0) is 38.0 Å². The summed E-state index contributed by atoms with van der Waals surface area (Å²) >= 11 is 6.10. The lowest BCUT2D eigenvalue weighted by Gasteiger charge is -2.26. The van der Waals surface area contributed by atoms with Gasteiger partial charge in [-0.1, -0.05) is 11.6 Å². The lowest BCUT2D eigenvalue weighted by atomic mass is 10.1. The van der Waals surface area contributed by atoms with Gasteiger partial charge in [0.15, 0.2) is 0 Å². The maximum Gasteiger partial charge on any atom is 0.0721 e. The molecule has 1 aromatic carbocycles. The Hall–Kier alpha value is -0.930. The number of nitrogens with two attached hydrogens (primary N) is 1. The van der Waals surface area contributed by atoms with Crippen LogP contribution in [0.2, 0.25) is 5.02 Å². The lowest BCUT2D eigenvalue weighted by Crippen LogP contribution is -2.30. The van der Waals surface area contributed by atoms with Gasteiger partial charge in [-0.25, -0.2) is 0 Å². The molecule has 2 rings (SSSR count). The zero-order valence-electron chi connectivity index (χ0n) is 10.4. The summed E-state index contributed by atoms with van der Waals surface area (Å²) in [5.41, 5.74) is 8.78. The number of benzene rings is 1. The maximum atomic E-state index is 6.10. The number of anilines is 2. The van der Waals surface area contributed by atoms with Crippen molar-refractivity contribution in [1.29, 1.82) is 0 Å². The Balaban J connectivity index is 2.28. The molecule has 1 saturated heterocycles. The zero-order chi connectivity index (χ0) is 12.4. The van der Waals surface area contributed by atoms with Crippen LogP contribution in [0.25, 0.3) is 0 Å². The first-order chi connectivity index (χ1) is 8.08. The topological polar surface area (TPSA) is 38.5 Å². The van der Waals surface area contributed by atoms with E-state index in [0.717, 1.165) is 26.1 Å². The van der Waals surface area contributed by atoms with E-state index in [9.17, 15) is 0 Å². The number of rotatable bonds is 1. The number of hydrogen-bond acceptors (Lipinski definition) is 3. The van der Waals surface area contributed by atoms with Crippen LogP contribution in [0.4, 0.5) is 11.4 Å². The number of aryl methyl sites for hydroxylation is 1. The number of nitrogen functional groups attached to an aromatic ring is 1. The van der Waals surface area contributed by atoms with Gasteiger partial charge in [-0.2, -0.15) is 0 Å². The van der Waals surface area contributed by atoms with Crippen LogP contribution in [0.5, 0.6) is 0 Å². The van der Waals surface area contributed by atoms with Gasteiger partial charge in [0.1, 0.15) is 0 Å². The summed E-state index contributed by atoms with van der Waals surface area (Å²) in [5, 5.41) is 0.628. The minimum absolute atomic E-state index is 0.258. The fourth-order valence-electron chi connectivity index (χ4n) is 2.25. The molecule has 1 unspecified atom stereocenters. The Kier molecular flexibility index (Phi) is 3.79. The van der Waals surface area contributed by atoms with Crippen molar-refractivity contribution in [1.82, 2.24) is 0 Å².